The van der Waals surface area contributed by atoms with E-state index in [0.717, 1.165) is 10.0 Å². The maximum absolute atomic E-state index is 12.6. The number of aromatic nitrogens is 2. The molecule has 3 rings (SSSR count). The molecule has 1 aliphatic rings. The summed E-state index contributed by atoms with van der Waals surface area (Å²) in [6.07, 6.45) is 2.14. The molecule has 1 heterocycles. The maximum Gasteiger partial charge on any atom is 0.177 e. The summed E-state index contributed by atoms with van der Waals surface area (Å²) in [6, 6.07) is 5.50. The van der Waals surface area contributed by atoms with E-state index in [1.807, 2.05) is 12.1 Å². The average Bonchev–Trinajstić information content (AvgIpc) is 2.91. The molecule has 1 atom stereocenters. The first-order valence-corrected chi connectivity index (χ1v) is 7.14. The van der Waals surface area contributed by atoms with Crippen molar-refractivity contribution >= 4 is 27.5 Å². The number of rotatable bonds is 2. The largest absolute Gasteiger partial charge is 0.293 e. The Morgan fingerprint density at radius 1 is 1.45 bits per heavy atom. The van der Waals surface area contributed by atoms with Gasteiger partial charge in [-0.05, 0) is 25.0 Å². The van der Waals surface area contributed by atoms with E-state index < -0.39 is 5.92 Å². The summed E-state index contributed by atoms with van der Waals surface area (Å²) in [6.45, 7) is 1.79. The second kappa shape index (κ2) is 4.66. The lowest BCUT2D eigenvalue weighted by Crippen LogP contribution is -2.21. The van der Waals surface area contributed by atoms with Gasteiger partial charge in [-0.3, -0.25) is 14.3 Å². The van der Waals surface area contributed by atoms with Crippen molar-refractivity contribution in [3.05, 3.63) is 51.3 Å². The number of hydrogen-bond acceptors (Lipinski definition) is 3. The first-order chi connectivity index (χ1) is 9.49. The molecule has 0 bridgehead atoms. The molecule has 2 aromatic rings. The zero-order valence-corrected chi connectivity index (χ0v) is 12.8. The molecule has 1 unspecified atom stereocenters. The van der Waals surface area contributed by atoms with E-state index >= 15 is 0 Å². The molecular weight excluding hydrogens is 320 g/mol. The molecule has 20 heavy (non-hydrogen) atoms. The number of aryl methyl sites for hydroxylation is 2. The number of hydrogen-bond donors (Lipinski definition) is 0. The normalized spacial score (nSPS) is 17.4. The Morgan fingerprint density at radius 3 is 2.80 bits per heavy atom. The van der Waals surface area contributed by atoms with Crippen LogP contribution < -0.4 is 0 Å². The molecule has 1 aromatic carbocycles. The van der Waals surface area contributed by atoms with Gasteiger partial charge < -0.3 is 0 Å². The zero-order chi connectivity index (χ0) is 14.4. The quantitative estimate of drug-likeness (QED) is 0.627. The Bertz CT molecular complexity index is 733. The molecule has 5 heteroatoms. The fourth-order valence-electron chi connectivity index (χ4n) is 2.72. The highest BCUT2D eigenvalue weighted by molar-refractivity contribution is 9.10. The summed E-state index contributed by atoms with van der Waals surface area (Å²) in [5, 5.41) is 4.17. The van der Waals surface area contributed by atoms with E-state index in [0.29, 0.717) is 23.2 Å². The summed E-state index contributed by atoms with van der Waals surface area (Å²) < 4.78 is 2.49. The first kappa shape index (κ1) is 13.2. The van der Waals surface area contributed by atoms with Crippen LogP contribution >= 0.6 is 15.9 Å². The summed E-state index contributed by atoms with van der Waals surface area (Å²) in [5.41, 5.74) is 2.78. The highest BCUT2D eigenvalue weighted by atomic mass is 79.9. The number of Topliss-reactive ketones (excluding diaryl/α,β-unsaturated/α-hetero) is 2. The fraction of sp³-hybridized carbons (Fsp3) is 0.267. The predicted octanol–water partition coefficient (Wildman–Crippen LogP) is 2.73. The van der Waals surface area contributed by atoms with E-state index in [1.54, 1.807) is 30.9 Å². The summed E-state index contributed by atoms with van der Waals surface area (Å²) in [7, 11) is 1.77. The zero-order valence-electron chi connectivity index (χ0n) is 11.2. The molecule has 1 aromatic heterocycles. The molecule has 0 radical (unpaired) electrons. The van der Waals surface area contributed by atoms with Gasteiger partial charge in [0.25, 0.3) is 0 Å². The van der Waals surface area contributed by atoms with E-state index in [-0.39, 0.29) is 11.6 Å². The second-order valence-corrected chi connectivity index (χ2v) is 5.91. The van der Waals surface area contributed by atoms with E-state index in [1.165, 1.54) is 0 Å². The Kier molecular flexibility index (Phi) is 3.09. The van der Waals surface area contributed by atoms with Crippen molar-refractivity contribution in [2.24, 2.45) is 13.0 Å². The monoisotopic (exact) mass is 332 g/mol. The molecule has 0 fully saturated rings. The van der Waals surface area contributed by atoms with Crippen molar-refractivity contribution in [2.45, 2.75) is 13.3 Å². The Labute approximate surface area is 124 Å². The number of nitrogens with zero attached hydrogens (tertiary/aromatic N) is 2. The summed E-state index contributed by atoms with van der Waals surface area (Å²) >= 11 is 3.45. The van der Waals surface area contributed by atoms with Crippen LogP contribution in [0.5, 0.6) is 0 Å². The van der Waals surface area contributed by atoms with Crippen LogP contribution in [0.2, 0.25) is 0 Å². The van der Waals surface area contributed by atoms with E-state index in [9.17, 15) is 9.59 Å². The van der Waals surface area contributed by atoms with Crippen molar-refractivity contribution in [1.29, 1.82) is 0 Å². The van der Waals surface area contributed by atoms with Gasteiger partial charge in [0.15, 0.2) is 11.6 Å². The van der Waals surface area contributed by atoms with Crippen molar-refractivity contribution < 1.29 is 9.59 Å². The van der Waals surface area contributed by atoms with Gasteiger partial charge in [0.1, 0.15) is 0 Å². The smallest absolute Gasteiger partial charge is 0.177 e. The van der Waals surface area contributed by atoms with Crippen LogP contribution in [0.4, 0.5) is 0 Å². The molecule has 1 aliphatic carbocycles. The second-order valence-electron chi connectivity index (χ2n) is 5.05. The number of ketones is 2. The lowest BCUT2D eigenvalue weighted by atomic mass is 9.94. The van der Waals surface area contributed by atoms with Crippen LogP contribution in [0.1, 0.15) is 32.0 Å². The van der Waals surface area contributed by atoms with Crippen LogP contribution in [0.15, 0.2) is 28.9 Å². The van der Waals surface area contributed by atoms with Crippen LogP contribution in [-0.4, -0.2) is 21.3 Å². The number of fused-ring (bicyclic) bond motifs is 1. The highest BCUT2D eigenvalue weighted by Crippen LogP contribution is 2.34. The molecule has 0 N–H and O–H groups in total. The maximum atomic E-state index is 12.6. The summed E-state index contributed by atoms with van der Waals surface area (Å²) in [4.78, 5) is 25.0. The van der Waals surface area contributed by atoms with Gasteiger partial charge >= 0.3 is 0 Å². The highest BCUT2D eigenvalue weighted by Gasteiger charge is 2.37. The van der Waals surface area contributed by atoms with Crippen LogP contribution in [-0.2, 0) is 13.5 Å². The Morgan fingerprint density at radius 2 is 2.20 bits per heavy atom. The average molecular weight is 333 g/mol. The van der Waals surface area contributed by atoms with Crippen molar-refractivity contribution in [3.8, 4) is 0 Å². The van der Waals surface area contributed by atoms with Crippen molar-refractivity contribution in [2.75, 3.05) is 0 Å². The standard InChI is InChI=1S/C15H13BrN2O2/c1-8-12(7-18(2)17-8)15(20)11-6-10-9(14(11)19)4-3-5-13(10)16/h3-5,7,11H,6H2,1-2H3. The van der Waals surface area contributed by atoms with Crippen LogP contribution in [0.25, 0.3) is 0 Å². The van der Waals surface area contributed by atoms with Gasteiger partial charge in [0.2, 0.25) is 0 Å². The van der Waals surface area contributed by atoms with Gasteiger partial charge in [-0.1, -0.05) is 28.1 Å². The minimum atomic E-state index is -0.619. The topological polar surface area (TPSA) is 52.0 Å². The minimum Gasteiger partial charge on any atom is -0.293 e. The third-order valence-electron chi connectivity index (χ3n) is 3.70. The van der Waals surface area contributed by atoms with Gasteiger partial charge in [0, 0.05) is 23.3 Å². The molecule has 102 valence electrons. The minimum absolute atomic E-state index is 0.0884. The molecule has 0 saturated heterocycles. The molecule has 0 saturated carbocycles. The van der Waals surface area contributed by atoms with Gasteiger partial charge in [-0.25, -0.2) is 0 Å². The fourth-order valence-corrected chi connectivity index (χ4v) is 3.25. The Hall–Kier alpha value is -1.75. The number of carbonyl (C=O) groups excluding carboxylic acids is 2. The first-order valence-electron chi connectivity index (χ1n) is 6.35. The number of halogens is 1. The Balaban J connectivity index is 1.98. The van der Waals surface area contributed by atoms with E-state index in [4.69, 9.17) is 0 Å². The third-order valence-corrected chi connectivity index (χ3v) is 4.45. The lowest BCUT2D eigenvalue weighted by molar-refractivity contribution is 0.0822. The molecule has 0 spiro atoms. The van der Waals surface area contributed by atoms with Crippen molar-refractivity contribution in [1.82, 2.24) is 9.78 Å². The van der Waals surface area contributed by atoms with Gasteiger partial charge in [-0.2, -0.15) is 5.10 Å². The predicted molar refractivity (Wildman–Crippen MR) is 77.9 cm³/mol. The SMILES string of the molecule is Cc1nn(C)cc1C(=O)C1Cc2c(Br)cccc2C1=O. The van der Waals surface area contributed by atoms with E-state index in [2.05, 4.69) is 21.0 Å². The van der Waals surface area contributed by atoms with Crippen LogP contribution in [0, 0.1) is 12.8 Å². The lowest BCUT2D eigenvalue weighted by Gasteiger charge is -2.05. The van der Waals surface area contributed by atoms with Crippen molar-refractivity contribution in [3.63, 3.8) is 0 Å². The molecule has 4 nitrogen and oxygen atoms in total. The molecule has 0 aliphatic heterocycles. The third kappa shape index (κ3) is 1.93. The summed E-state index contributed by atoms with van der Waals surface area (Å²) in [5.74, 6) is -0.843. The number of benzene rings is 1. The molecule has 0 amide bonds. The van der Waals surface area contributed by atoms with Gasteiger partial charge in [-0.15, -0.1) is 0 Å². The molecular formula is C15H13BrN2O2. The number of carbonyl (C=O) groups is 2. The van der Waals surface area contributed by atoms with Crippen LogP contribution in [0.3, 0.4) is 0 Å². The van der Waals surface area contributed by atoms with Gasteiger partial charge in [0.05, 0.1) is 17.2 Å².